The Kier molecular flexibility index (Phi) is 6.17. The minimum absolute atomic E-state index is 0.0139. The first-order valence-electron chi connectivity index (χ1n) is 11.2. The van der Waals surface area contributed by atoms with Gasteiger partial charge in [0.2, 0.25) is 0 Å². The number of aliphatic imine (C=N–C) groups is 1. The summed E-state index contributed by atoms with van der Waals surface area (Å²) in [5.41, 5.74) is 1.24. The number of hydrogen-bond acceptors (Lipinski definition) is 3. The molecule has 6 heteroatoms. The van der Waals surface area contributed by atoms with Crippen LogP contribution in [0.25, 0.3) is 21.9 Å². The molecule has 5 aromatic rings. The Morgan fingerprint density at radius 2 is 1.44 bits per heavy atom. The number of ether oxygens (including phenoxy) is 1. The molecule has 0 atom stereocenters. The summed E-state index contributed by atoms with van der Waals surface area (Å²) in [5, 5.41) is 12.0. The Labute approximate surface area is 205 Å². The zero-order valence-corrected chi connectivity index (χ0v) is 18.9. The number of hydrogen-bond donors (Lipinski definition) is 1. The van der Waals surface area contributed by atoms with E-state index in [1.54, 1.807) is 18.2 Å². The van der Waals surface area contributed by atoms with Crippen molar-refractivity contribution in [3.8, 4) is 28.4 Å². The molecule has 0 fully saturated rings. The third-order valence-electron chi connectivity index (χ3n) is 5.76. The van der Waals surface area contributed by atoms with Crippen LogP contribution in [0.5, 0.6) is 17.2 Å². The van der Waals surface area contributed by atoms with Crippen LogP contribution < -0.4 is 4.74 Å². The van der Waals surface area contributed by atoms with Gasteiger partial charge in [-0.05, 0) is 46.7 Å². The second-order valence-corrected chi connectivity index (χ2v) is 8.12. The number of rotatable bonds is 5. The third-order valence-corrected chi connectivity index (χ3v) is 5.76. The van der Waals surface area contributed by atoms with Crippen molar-refractivity contribution in [2.45, 2.75) is 6.18 Å². The molecule has 1 N–H and O–H groups in total. The van der Waals surface area contributed by atoms with Crippen LogP contribution in [0, 0.1) is 0 Å². The van der Waals surface area contributed by atoms with Crippen LogP contribution in [-0.4, -0.2) is 11.3 Å². The largest absolute Gasteiger partial charge is 0.507 e. The van der Waals surface area contributed by atoms with Gasteiger partial charge in [0, 0.05) is 17.3 Å². The number of aromatic hydroxyl groups is 1. The smallest absolute Gasteiger partial charge is 0.416 e. The lowest BCUT2D eigenvalue weighted by atomic mass is 10.0. The lowest BCUT2D eigenvalue weighted by Gasteiger charge is -2.15. The molecule has 0 radical (unpaired) electrons. The third kappa shape index (κ3) is 4.79. The highest BCUT2D eigenvalue weighted by Crippen LogP contribution is 2.41. The molecule has 0 unspecified atom stereocenters. The minimum Gasteiger partial charge on any atom is -0.507 e. The topological polar surface area (TPSA) is 41.8 Å². The van der Waals surface area contributed by atoms with Crippen molar-refractivity contribution in [2.24, 2.45) is 4.99 Å². The van der Waals surface area contributed by atoms with E-state index in [2.05, 4.69) is 4.99 Å². The molecule has 0 saturated heterocycles. The summed E-state index contributed by atoms with van der Waals surface area (Å²) in [6.07, 6.45) is -3.19. The Morgan fingerprint density at radius 3 is 2.25 bits per heavy atom. The zero-order valence-electron chi connectivity index (χ0n) is 18.9. The summed E-state index contributed by atoms with van der Waals surface area (Å²) in [6, 6.07) is 30.7. The standard InChI is InChI=1S/C30H20F3NO2/c31-30(32,33)22-15-17-29(36-28-13-7-6-12-24(28)20-8-2-1-3-9-20)26(18-22)34-19-25-23-11-5-4-10-21(23)14-16-27(25)35/h1-19,35H/b34-19+. The fourth-order valence-electron chi connectivity index (χ4n) is 3.97. The van der Waals surface area contributed by atoms with Crippen molar-refractivity contribution in [2.75, 3.05) is 0 Å². The molecular weight excluding hydrogens is 463 g/mol. The van der Waals surface area contributed by atoms with Gasteiger partial charge in [0.05, 0.1) is 5.56 Å². The quantitative estimate of drug-likeness (QED) is 0.254. The number of phenolic OH excluding ortho intramolecular Hbond substituents is 1. The van der Waals surface area contributed by atoms with Crippen molar-refractivity contribution in [3.63, 3.8) is 0 Å². The van der Waals surface area contributed by atoms with Gasteiger partial charge in [-0.25, -0.2) is 0 Å². The highest BCUT2D eigenvalue weighted by molar-refractivity contribution is 6.03. The molecule has 0 bridgehead atoms. The number of fused-ring (bicyclic) bond motifs is 1. The van der Waals surface area contributed by atoms with Crippen LogP contribution in [0.3, 0.4) is 0 Å². The van der Waals surface area contributed by atoms with E-state index in [1.807, 2.05) is 66.7 Å². The molecular formula is C30H20F3NO2. The van der Waals surface area contributed by atoms with E-state index in [4.69, 9.17) is 4.74 Å². The number of nitrogens with zero attached hydrogens (tertiary/aromatic N) is 1. The minimum atomic E-state index is -4.55. The molecule has 0 saturated carbocycles. The number of halogens is 3. The predicted octanol–water partition coefficient (Wildman–Crippen LogP) is 8.77. The first-order chi connectivity index (χ1) is 17.4. The molecule has 0 aliphatic rings. The molecule has 3 nitrogen and oxygen atoms in total. The maximum atomic E-state index is 13.5. The van der Waals surface area contributed by atoms with Gasteiger partial charge >= 0.3 is 6.18 Å². The van der Waals surface area contributed by atoms with Crippen molar-refractivity contribution < 1.29 is 23.0 Å². The van der Waals surface area contributed by atoms with Gasteiger partial charge in [-0.15, -0.1) is 0 Å². The molecule has 178 valence electrons. The normalized spacial score (nSPS) is 11.8. The molecule has 0 heterocycles. The van der Waals surface area contributed by atoms with E-state index in [0.717, 1.165) is 34.0 Å². The van der Waals surface area contributed by atoms with Crippen molar-refractivity contribution in [3.05, 3.63) is 120 Å². The summed E-state index contributed by atoms with van der Waals surface area (Å²) in [5.74, 6) is 0.608. The molecule has 0 spiro atoms. The summed E-state index contributed by atoms with van der Waals surface area (Å²) in [4.78, 5) is 4.35. The zero-order chi connectivity index (χ0) is 25.1. The average Bonchev–Trinajstić information content (AvgIpc) is 2.89. The summed E-state index contributed by atoms with van der Waals surface area (Å²) in [6.45, 7) is 0. The lowest BCUT2D eigenvalue weighted by Crippen LogP contribution is -2.04. The average molecular weight is 483 g/mol. The van der Waals surface area contributed by atoms with Crippen LogP contribution in [0.2, 0.25) is 0 Å². The van der Waals surface area contributed by atoms with Gasteiger partial charge in [0.15, 0.2) is 5.75 Å². The summed E-state index contributed by atoms with van der Waals surface area (Å²) >= 11 is 0. The fraction of sp³-hybridized carbons (Fsp3) is 0.0333. The monoisotopic (exact) mass is 483 g/mol. The number of alkyl halides is 3. The summed E-state index contributed by atoms with van der Waals surface area (Å²) < 4.78 is 46.7. The lowest BCUT2D eigenvalue weighted by molar-refractivity contribution is -0.137. The van der Waals surface area contributed by atoms with Crippen LogP contribution >= 0.6 is 0 Å². The van der Waals surface area contributed by atoms with Gasteiger partial charge in [-0.3, -0.25) is 4.99 Å². The highest BCUT2D eigenvalue weighted by Gasteiger charge is 2.31. The van der Waals surface area contributed by atoms with E-state index in [-0.39, 0.29) is 17.2 Å². The molecule has 0 aliphatic carbocycles. The van der Waals surface area contributed by atoms with Crippen LogP contribution in [0.15, 0.2) is 114 Å². The summed E-state index contributed by atoms with van der Waals surface area (Å²) in [7, 11) is 0. The maximum Gasteiger partial charge on any atom is 0.416 e. The highest BCUT2D eigenvalue weighted by atomic mass is 19.4. The van der Waals surface area contributed by atoms with Crippen LogP contribution in [0.1, 0.15) is 11.1 Å². The van der Waals surface area contributed by atoms with Gasteiger partial charge in [-0.1, -0.05) is 78.9 Å². The van der Waals surface area contributed by atoms with Gasteiger partial charge in [-0.2, -0.15) is 13.2 Å². The van der Waals surface area contributed by atoms with E-state index < -0.39 is 11.7 Å². The molecule has 5 rings (SSSR count). The van der Waals surface area contributed by atoms with E-state index in [1.165, 1.54) is 18.3 Å². The van der Waals surface area contributed by atoms with Gasteiger partial charge in [0.1, 0.15) is 17.2 Å². The van der Waals surface area contributed by atoms with Crippen LogP contribution in [0.4, 0.5) is 18.9 Å². The molecule has 0 aromatic heterocycles. The van der Waals surface area contributed by atoms with Crippen LogP contribution in [-0.2, 0) is 6.18 Å². The Balaban J connectivity index is 1.60. The predicted molar refractivity (Wildman–Crippen MR) is 136 cm³/mol. The Hall–Kier alpha value is -4.58. The Morgan fingerprint density at radius 1 is 0.722 bits per heavy atom. The molecule has 0 amide bonds. The van der Waals surface area contributed by atoms with Gasteiger partial charge in [0.25, 0.3) is 0 Å². The second-order valence-electron chi connectivity index (χ2n) is 8.12. The second kappa shape index (κ2) is 9.58. The van der Waals surface area contributed by atoms with Crippen molar-refractivity contribution in [1.82, 2.24) is 0 Å². The fourth-order valence-corrected chi connectivity index (χ4v) is 3.97. The molecule has 36 heavy (non-hydrogen) atoms. The first kappa shape index (κ1) is 23.2. The number of benzene rings is 5. The van der Waals surface area contributed by atoms with Crippen molar-refractivity contribution in [1.29, 1.82) is 0 Å². The Bertz CT molecular complexity index is 1560. The maximum absolute atomic E-state index is 13.5. The van der Waals surface area contributed by atoms with Crippen molar-refractivity contribution >= 4 is 22.7 Å². The number of para-hydroxylation sites is 1. The molecule has 5 aromatic carbocycles. The molecule has 0 aliphatic heterocycles. The van der Waals surface area contributed by atoms with E-state index in [9.17, 15) is 18.3 Å². The number of phenols is 1. The SMILES string of the molecule is Oc1ccc2ccccc2c1/C=N/c1cc(C(F)(F)F)ccc1Oc1ccccc1-c1ccccc1. The van der Waals surface area contributed by atoms with E-state index in [0.29, 0.717) is 11.3 Å². The van der Waals surface area contributed by atoms with Gasteiger partial charge < -0.3 is 9.84 Å². The first-order valence-corrected chi connectivity index (χ1v) is 11.2. The van der Waals surface area contributed by atoms with E-state index >= 15 is 0 Å².